The zero-order valence-electron chi connectivity index (χ0n) is 15.1. The molecule has 1 aliphatic heterocycles. The fraction of sp³-hybridized carbons (Fsp3) is 0.250. The topological polar surface area (TPSA) is 76.8 Å². The van der Waals surface area contributed by atoms with E-state index < -0.39 is 0 Å². The highest BCUT2D eigenvalue weighted by Crippen LogP contribution is 2.36. The molecule has 0 spiro atoms. The van der Waals surface area contributed by atoms with Crippen molar-refractivity contribution in [2.24, 2.45) is 0 Å². The lowest BCUT2D eigenvalue weighted by Gasteiger charge is -2.34. The van der Waals surface area contributed by atoms with E-state index >= 15 is 0 Å². The number of benzene rings is 2. The van der Waals surface area contributed by atoms with Crippen LogP contribution in [-0.4, -0.2) is 42.5 Å². The van der Waals surface area contributed by atoms with Crippen LogP contribution >= 0.6 is 11.3 Å². The number of likely N-dealkylation sites (tertiary alicyclic amines) is 1. The Morgan fingerprint density at radius 3 is 2.71 bits per heavy atom. The van der Waals surface area contributed by atoms with Gasteiger partial charge in [0.05, 0.1) is 21.9 Å². The number of nitrogens with zero attached hydrogens (tertiary/aromatic N) is 6. The fourth-order valence-electron chi connectivity index (χ4n) is 3.67. The lowest BCUT2D eigenvalue weighted by molar-refractivity contribution is 0.0611. The number of rotatable bonds is 3. The SMILES string of the molecule is O=C(c1ccc(-n2cnnn2)cc1)N1CCCCC1c1nc2ccccc2s1. The molecule has 0 N–H and O–H groups in total. The van der Waals surface area contributed by atoms with Crippen LogP contribution in [0.5, 0.6) is 0 Å². The minimum absolute atomic E-state index is 0.0397. The monoisotopic (exact) mass is 390 g/mol. The molecule has 1 fully saturated rings. The van der Waals surface area contributed by atoms with E-state index in [9.17, 15) is 4.79 Å². The molecule has 1 atom stereocenters. The molecule has 1 aliphatic rings. The molecule has 2 aromatic carbocycles. The molecule has 3 heterocycles. The molecule has 1 amide bonds. The van der Waals surface area contributed by atoms with Crippen LogP contribution in [-0.2, 0) is 0 Å². The second-order valence-corrected chi connectivity index (χ2v) is 7.89. The first-order chi connectivity index (χ1) is 13.8. The Labute approximate surface area is 165 Å². The molecule has 0 aliphatic carbocycles. The van der Waals surface area contributed by atoms with Gasteiger partial charge in [-0.1, -0.05) is 12.1 Å². The predicted octanol–water partition coefficient (Wildman–Crippen LogP) is 3.64. The van der Waals surface area contributed by atoms with Gasteiger partial charge in [0.15, 0.2) is 0 Å². The van der Waals surface area contributed by atoms with E-state index in [1.807, 2.05) is 47.4 Å². The number of carbonyl (C=O) groups excluding carboxylic acids is 1. The third-order valence-corrected chi connectivity index (χ3v) is 6.22. The molecule has 8 heteroatoms. The predicted molar refractivity (Wildman–Crippen MR) is 106 cm³/mol. The molecule has 0 saturated carbocycles. The minimum atomic E-state index is 0.0397. The molecule has 4 aromatic rings. The summed E-state index contributed by atoms with van der Waals surface area (Å²) >= 11 is 1.69. The summed E-state index contributed by atoms with van der Waals surface area (Å²) in [6.07, 6.45) is 4.62. The third kappa shape index (κ3) is 3.05. The van der Waals surface area contributed by atoms with E-state index in [1.54, 1.807) is 16.0 Å². The van der Waals surface area contributed by atoms with Crippen molar-refractivity contribution in [3.8, 4) is 5.69 Å². The van der Waals surface area contributed by atoms with Crippen LogP contribution in [0.2, 0.25) is 0 Å². The molecule has 1 unspecified atom stereocenters. The average Bonchev–Trinajstić information content (AvgIpc) is 3.43. The van der Waals surface area contributed by atoms with Gasteiger partial charge in [0.2, 0.25) is 0 Å². The minimum Gasteiger partial charge on any atom is -0.329 e. The Bertz CT molecular complexity index is 1070. The first-order valence-electron chi connectivity index (χ1n) is 9.29. The standard InChI is InChI=1S/C20H18N6OS/c27-20(14-8-10-15(11-9-14)26-13-21-23-24-26)25-12-4-3-6-17(25)19-22-16-5-1-2-7-18(16)28-19/h1-2,5,7-11,13,17H,3-4,6,12H2. The first kappa shape index (κ1) is 17.0. The number of piperidine rings is 1. The first-order valence-corrected chi connectivity index (χ1v) is 10.1. The second-order valence-electron chi connectivity index (χ2n) is 6.83. The highest BCUT2D eigenvalue weighted by molar-refractivity contribution is 7.18. The van der Waals surface area contributed by atoms with Crippen LogP contribution in [0.25, 0.3) is 15.9 Å². The molecule has 28 heavy (non-hydrogen) atoms. The van der Waals surface area contributed by atoms with E-state index in [4.69, 9.17) is 4.98 Å². The highest BCUT2D eigenvalue weighted by Gasteiger charge is 2.31. The van der Waals surface area contributed by atoms with Crippen LogP contribution in [0, 0.1) is 0 Å². The van der Waals surface area contributed by atoms with Crippen molar-refractivity contribution in [2.45, 2.75) is 25.3 Å². The van der Waals surface area contributed by atoms with E-state index in [0.717, 1.165) is 42.0 Å². The largest absolute Gasteiger partial charge is 0.329 e. The summed E-state index contributed by atoms with van der Waals surface area (Å²) in [4.78, 5) is 20.0. The molecule has 1 saturated heterocycles. The quantitative estimate of drug-likeness (QED) is 0.534. The second kappa shape index (κ2) is 7.12. The number of para-hydroxylation sites is 1. The van der Waals surface area contributed by atoms with Crippen LogP contribution in [0.3, 0.4) is 0 Å². The maximum absolute atomic E-state index is 13.3. The van der Waals surface area contributed by atoms with Gasteiger partial charge in [-0.25, -0.2) is 9.67 Å². The van der Waals surface area contributed by atoms with Crippen LogP contribution in [0.1, 0.15) is 40.7 Å². The average molecular weight is 390 g/mol. The van der Waals surface area contributed by atoms with Gasteiger partial charge >= 0.3 is 0 Å². The molecular formula is C20H18N6OS. The normalized spacial score (nSPS) is 17.1. The van der Waals surface area contributed by atoms with Crippen LogP contribution in [0.4, 0.5) is 0 Å². The van der Waals surface area contributed by atoms with Crippen LogP contribution < -0.4 is 0 Å². The van der Waals surface area contributed by atoms with Crippen molar-refractivity contribution in [2.75, 3.05) is 6.54 Å². The molecule has 2 aromatic heterocycles. The number of fused-ring (bicyclic) bond motifs is 1. The van der Waals surface area contributed by atoms with Gasteiger partial charge < -0.3 is 4.90 Å². The summed E-state index contributed by atoms with van der Waals surface area (Å²) < 4.78 is 2.74. The number of hydrogen-bond acceptors (Lipinski definition) is 6. The summed E-state index contributed by atoms with van der Waals surface area (Å²) in [5.74, 6) is 0.0484. The lowest BCUT2D eigenvalue weighted by Crippen LogP contribution is -2.38. The lowest BCUT2D eigenvalue weighted by atomic mass is 10.0. The zero-order chi connectivity index (χ0) is 18.9. The summed E-state index contributed by atoms with van der Waals surface area (Å²) in [5, 5.41) is 12.2. The molecule has 5 rings (SSSR count). The maximum Gasteiger partial charge on any atom is 0.254 e. The van der Waals surface area contributed by atoms with Gasteiger partial charge in [-0.3, -0.25) is 4.79 Å². The van der Waals surface area contributed by atoms with Gasteiger partial charge in [-0.05, 0) is 66.1 Å². The smallest absolute Gasteiger partial charge is 0.254 e. The van der Waals surface area contributed by atoms with Gasteiger partial charge in [-0.15, -0.1) is 16.4 Å². The van der Waals surface area contributed by atoms with Gasteiger partial charge in [0, 0.05) is 12.1 Å². The van der Waals surface area contributed by atoms with Crippen molar-refractivity contribution < 1.29 is 4.79 Å². The van der Waals surface area contributed by atoms with Crippen molar-refractivity contribution in [3.05, 3.63) is 65.4 Å². The third-order valence-electron chi connectivity index (χ3n) is 5.09. The molecule has 7 nitrogen and oxygen atoms in total. The number of tetrazole rings is 1. The fourth-order valence-corrected chi connectivity index (χ4v) is 4.78. The molecule has 0 bridgehead atoms. The van der Waals surface area contributed by atoms with Gasteiger partial charge in [0.1, 0.15) is 11.3 Å². The summed E-state index contributed by atoms with van der Waals surface area (Å²) in [6.45, 7) is 0.758. The van der Waals surface area contributed by atoms with Crippen molar-refractivity contribution in [1.29, 1.82) is 0 Å². The van der Waals surface area contributed by atoms with E-state index in [0.29, 0.717) is 5.56 Å². The number of thiazole rings is 1. The molecular weight excluding hydrogens is 372 g/mol. The molecule has 0 radical (unpaired) electrons. The number of amides is 1. The van der Waals surface area contributed by atoms with Gasteiger partial charge in [-0.2, -0.15) is 0 Å². The van der Waals surface area contributed by atoms with E-state index in [2.05, 4.69) is 21.6 Å². The summed E-state index contributed by atoms with van der Waals surface area (Å²) in [7, 11) is 0. The Hall–Kier alpha value is -3.13. The number of aromatic nitrogens is 5. The van der Waals surface area contributed by atoms with Crippen LogP contribution in [0.15, 0.2) is 54.9 Å². The Balaban J connectivity index is 1.43. The van der Waals surface area contributed by atoms with Crippen molar-refractivity contribution in [1.82, 2.24) is 30.1 Å². The number of carbonyl (C=O) groups is 1. The van der Waals surface area contributed by atoms with E-state index in [-0.39, 0.29) is 11.9 Å². The Kier molecular flexibility index (Phi) is 4.32. The summed E-state index contributed by atoms with van der Waals surface area (Å²) in [6, 6.07) is 15.6. The highest BCUT2D eigenvalue weighted by atomic mass is 32.1. The maximum atomic E-state index is 13.3. The Morgan fingerprint density at radius 2 is 1.93 bits per heavy atom. The number of hydrogen-bond donors (Lipinski definition) is 0. The van der Waals surface area contributed by atoms with Gasteiger partial charge in [0.25, 0.3) is 5.91 Å². The zero-order valence-corrected chi connectivity index (χ0v) is 15.9. The summed E-state index contributed by atoms with van der Waals surface area (Å²) in [5.41, 5.74) is 2.50. The van der Waals surface area contributed by atoms with Crippen molar-refractivity contribution in [3.63, 3.8) is 0 Å². The Morgan fingerprint density at radius 1 is 1.07 bits per heavy atom. The molecule has 140 valence electrons. The van der Waals surface area contributed by atoms with Crippen molar-refractivity contribution >= 4 is 27.5 Å². The van der Waals surface area contributed by atoms with E-state index in [1.165, 1.54) is 11.0 Å².